The Kier molecular flexibility index (Phi) is 5.13. The molecule has 24 heavy (non-hydrogen) atoms. The SMILES string of the molecule is CC/C=C\c1c(C)c(C)c(/C=C\CC)c2nc3c(nc12)CCCC3. The molecule has 0 saturated carbocycles. The van der Waals surface area contributed by atoms with E-state index in [0.29, 0.717) is 0 Å². The molecule has 2 aromatic rings. The van der Waals surface area contributed by atoms with E-state index in [1.165, 1.54) is 46.5 Å². The van der Waals surface area contributed by atoms with Crippen molar-refractivity contribution in [2.45, 2.75) is 66.2 Å². The summed E-state index contributed by atoms with van der Waals surface area (Å²) in [6.45, 7) is 8.78. The minimum Gasteiger partial charge on any atom is -0.249 e. The summed E-state index contributed by atoms with van der Waals surface area (Å²) in [6.07, 6.45) is 15.6. The fourth-order valence-electron chi connectivity index (χ4n) is 3.50. The topological polar surface area (TPSA) is 25.8 Å². The molecule has 1 aromatic carbocycles. The van der Waals surface area contributed by atoms with E-state index in [2.05, 4.69) is 52.0 Å². The summed E-state index contributed by atoms with van der Waals surface area (Å²) in [6, 6.07) is 0. The van der Waals surface area contributed by atoms with Crippen LogP contribution in [0, 0.1) is 13.8 Å². The molecule has 0 unspecified atom stereocenters. The molecular formula is C22H28N2. The summed E-state index contributed by atoms with van der Waals surface area (Å²) in [5, 5.41) is 0. The van der Waals surface area contributed by atoms with Crippen LogP contribution < -0.4 is 0 Å². The average molecular weight is 320 g/mol. The minimum atomic E-state index is 1.04. The quantitative estimate of drug-likeness (QED) is 0.693. The summed E-state index contributed by atoms with van der Waals surface area (Å²) < 4.78 is 0. The molecule has 0 spiro atoms. The maximum atomic E-state index is 5.09. The molecule has 0 radical (unpaired) electrons. The molecule has 1 aliphatic carbocycles. The van der Waals surface area contributed by atoms with Crippen LogP contribution in [0.1, 0.15) is 73.2 Å². The molecule has 0 amide bonds. The second kappa shape index (κ2) is 7.29. The Bertz CT molecular complexity index is 744. The monoisotopic (exact) mass is 320 g/mol. The maximum absolute atomic E-state index is 5.09. The molecule has 2 heteroatoms. The first kappa shape index (κ1) is 16.9. The molecule has 3 rings (SSSR count). The van der Waals surface area contributed by atoms with Crippen molar-refractivity contribution in [1.29, 1.82) is 0 Å². The average Bonchev–Trinajstić information content (AvgIpc) is 2.61. The highest BCUT2D eigenvalue weighted by molar-refractivity contribution is 5.94. The first-order chi connectivity index (χ1) is 11.7. The Morgan fingerprint density at radius 2 is 1.17 bits per heavy atom. The number of hydrogen-bond donors (Lipinski definition) is 0. The molecule has 0 fully saturated rings. The maximum Gasteiger partial charge on any atom is 0.0971 e. The van der Waals surface area contributed by atoms with Crippen molar-refractivity contribution >= 4 is 23.2 Å². The number of aryl methyl sites for hydroxylation is 2. The summed E-state index contributed by atoms with van der Waals surface area (Å²) in [7, 11) is 0. The van der Waals surface area contributed by atoms with Crippen molar-refractivity contribution in [2.75, 3.05) is 0 Å². The molecular weight excluding hydrogens is 292 g/mol. The molecule has 0 saturated heterocycles. The van der Waals surface area contributed by atoms with Crippen LogP contribution in [-0.2, 0) is 12.8 Å². The van der Waals surface area contributed by atoms with E-state index in [-0.39, 0.29) is 0 Å². The molecule has 0 aliphatic heterocycles. The summed E-state index contributed by atoms with van der Waals surface area (Å²) in [4.78, 5) is 10.2. The van der Waals surface area contributed by atoms with Crippen molar-refractivity contribution < 1.29 is 0 Å². The zero-order chi connectivity index (χ0) is 17.1. The molecule has 1 heterocycles. The van der Waals surface area contributed by atoms with Gasteiger partial charge in [0.05, 0.1) is 22.4 Å². The predicted molar refractivity (Wildman–Crippen MR) is 104 cm³/mol. The van der Waals surface area contributed by atoms with Crippen LogP contribution in [0.2, 0.25) is 0 Å². The zero-order valence-corrected chi connectivity index (χ0v) is 15.4. The van der Waals surface area contributed by atoms with Gasteiger partial charge in [-0.3, -0.25) is 0 Å². The Morgan fingerprint density at radius 1 is 0.750 bits per heavy atom. The van der Waals surface area contributed by atoms with Crippen LogP contribution in [-0.4, -0.2) is 9.97 Å². The van der Waals surface area contributed by atoms with Gasteiger partial charge in [0.2, 0.25) is 0 Å². The number of hydrogen-bond acceptors (Lipinski definition) is 2. The molecule has 2 nitrogen and oxygen atoms in total. The summed E-state index contributed by atoms with van der Waals surface area (Å²) in [5.74, 6) is 0. The molecule has 1 aromatic heterocycles. The number of aromatic nitrogens is 2. The smallest absolute Gasteiger partial charge is 0.0971 e. The van der Waals surface area contributed by atoms with Crippen molar-refractivity contribution in [3.05, 3.63) is 45.8 Å². The van der Waals surface area contributed by atoms with Crippen LogP contribution in [0.5, 0.6) is 0 Å². The van der Waals surface area contributed by atoms with Gasteiger partial charge in [0, 0.05) is 11.1 Å². The summed E-state index contributed by atoms with van der Waals surface area (Å²) >= 11 is 0. The zero-order valence-electron chi connectivity index (χ0n) is 15.4. The molecule has 0 atom stereocenters. The fourth-order valence-corrected chi connectivity index (χ4v) is 3.50. The van der Waals surface area contributed by atoms with Gasteiger partial charge in [-0.1, -0.05) is 38.2 Å². The molecule has 1 aliphatic rings. The molecule has 126 valence electrons. The van der Waals surface area contributed by atoms with Crippen molar-refractivity contribution in [1.82, 2.24) is 9.97 Å². The minimum absolute atomic E-state index is 1.04. The van der Waals surface area contributed by atoms with Crippen molar-refractivity contribution in [2.24, 2.45) is 0 Å². The van der Waals surface area contributed by atoms with E-state index in [1.807, 2.05) is 0 Å². The van der Waals surface area contributed by atoms with Crippen LogP contribution in [0.25, 0.3) is 23.2 Å². The van der Waals surface area contributed by atoms with Crippen LogP contribution >= 0.6 is 0 Å². The highest BCUT2D eigenvalue weighted by atomic mass is 14.8. The summed E-state index contributed by atoms with van der Waals surface area (Å²) in [5.41, 5.74) is 9.75. The third-order valence-electron chi connectivity index (χ3n) is 5.05. The third kappa shape index (κ3) is 3.02. The van der Waals surface area contributed by atoms with Crippen molar-refractivity contribution in [3.63, 3.8) is 0 Å². The van der Waals surface area contributed by atoms with Gasteiger partial charge in [0.25, 0.3) is 0 Å². The van der Waals surface area contributed by atoms with Crippen LogP contribution in [0.3, 0.4) is 0 Å². The van der Waals surface area contributed by atoms with Crippen molar-refractivity contribution in [3.8, 4) is 0 Å². The van der Waals surface area contributed by atoms with E-state index in [4.69, 9.17) is 9.97 Å². The van der Waals surface area contributed by atoms with E-state index in [1.54, 1.807) is 0 Å². The number of nitrogens with zero attached hydrogens (tertiary/aromatic N) is 2. The largest absolute Gasteiger partial charge is 0.249 e. The second-order valence-electron chi connectivity index (χ2n) is 6.72. The first-order valence-corrected chi connectivity index (χ1v) is 9.33. The Balaban J connectivity index is 2.36. The van der Waals surface area contributed by atoms with E-state index < -0.39 is 0 Å². The van der Waals surface area contributed by atoms with Crippen LogP contribution in [0.15, 0.2) is 12.2 Å². The Labute approximate surface area is 145 Å². The first-order valence-electron chi connectivity index (χ1n) is 9.33. The van der Waals surface area contributed by atoms with E-state index in [9.17, 15) is 0 Å². The van der Waals surface area contributed by atoms with Gasteiger partial charge in [0.1, 0.15) is 0 Å². The number of allylic oxidation sites excluding steroid dienone is 2. The number of rotatable bonds is 4. The lowest BCUT2D eigenvalue weighted by molar-refractivity contribution is 0.655. The van der Waals surface area contributed by atoms with Gasteiger partial charge < -0.3 is 0 Å². The van der Waals surface area contributed by atoms with Gasteiger partial charge in [0.15, 0.2) is 0 Å². The highest BCUT2D eigenvalue weighted by Crippen LogP contribution is 2.32. The highest BCUT2D eigenvalue weighted by Gasteiger charge is 2.19. The molecule has 0 N–H and O–H groups in total. The van der Waals surface area contributed by atoms with Gasteiger partial charge in [-0.05, 0) is 63.5 Å². The van der Waals surface area contributed by atoms with Crippen LogP contribution in [0.4, 0.5) is 0 Å². The third-order valence-corrected chi connectivity index (χ3v) is 5.05. The Morgan fingerprint density at radius 3 is 1.54 bits per heavy atom. The van der Waals surface area contributed by atoms with Gasteiger partial charge >= 0.3 is 0 Å². The molecule has 0 bridgehead atoms. The van der Waals surface area contributed by atoms with Gasteiger partial charge in [-0.2, -0.15) is 0 Å². The van der Waals surface area contributed by atoms with E-state index in [0.717, 1.165) is 36.7 Å². The number of fused-ring (bicyclic) bond motifs is 2. The Hall–Kier alpha value is -1.96. The lowest BCUT2D eigenvalue weighted by atomic mass is 9.93. The van der Waals surface area contributed by atoms with E-state index >= 15 is 0 Å². The second-order valence-corrected chi connectivity index (χ2v) is 6.72. The van der Waals surface area contributed by atoms with Gasteiger partial charge in [-0.15, -0.1) is 0 Å². The lowest BCUT2D eigenvalue weighted by Crippen LogP contribution is -2.10. The van der Waals surface area contributed by atoms with Gasteiger partial charge in [-0.25, -0.2) is 9.97 Å². The number of benzene rings is 1. The fraction of sp³-hybridized carbons (Fsp3) is 0.455. The standard InChI is InChI=1S/C22H28N2/c1-5-7-11-17-15(3)16(4)18(12-8-6-2)22-21(17)23-19-13-9-10-14-20(19)24-22/h7-8,11-12H,5-6,9-10,13-14H2,1-4H3/b11-7-,12-8-. The lowest BCUT2D eigenvalue weighted by Gasteiger charge is -2.19. The normalized spacial score (nSPS) is 14.8. The predicted octanol–water partition coefficient (Wildman–Crippen LogP) is 5.97.